The number of halogens is 1. The summed E-state index contributed by atoms with van der Waals surface area (Å²) in [4.78, 5) is 17.2. The summed E-state index contributed by atoms with van der Waals surface area (Å²) in [5.74, 6) is 0.318. The van der Waals surface area contributed by atoms with Gasteiger partial charge >= 0.3 is 0 Å². The van der Waals surface area contributed by atoms with Crippen LogP contribution < -0.4 is 5.32 Å². The molecular formula is C21H22ClN3O3S2. The molecule has 0 saturated carbocycles. The van der Waals surface area contributed by atoms with Gasteiger partial charge in [-0.05, 0) is 60.7 Å². The summed E-state index contributed by atoms with van der Waals surface area (Å²) in [5, 5.41) is 3.84. The Morgan fingerprint density at radius 1 is 1.13 bits per heavy atom. The fourth-order valence-electron chi connectivity index (χ4n) is 3.85. The number of nitrogens with zero attached hydrogens (tertiary/aromatic N) is 2. The molecule has 1 saturated heterocycles. The molecule has 2 aromatic carbocycles. The first-order valence-corrected chi connectivity index (χ1v) is 12.3. The fourth-order valence-corrected chi connectivity index (χ4v) is 6.67. The molecule has 4 rings (SSSR count). The number of piperidine rings is 1. The minimum Gasteiger partial charge on any atom is -0.298 e. The van der Waals surface area contributed by atoms with Crippen LogP contribution in [0, 0.1) is 11.8 Å². The molecule has 1 N–H and O–H groups in total. The number of thiazole rings is 1. The third kappa shape index (κ3) is 4.37. The van der Waals surface area contributed by atoms with Gasteiger partial charge in [0.05, 0.1) is 15.1 Å². The van der Waals surface area contributed by atoms with E-state index in [0.29, 0.717) is 40.6 Å². The molecule has 0 unspecified atom stereocenters. The summed E-state index contributed by atoms with van der Waals surface area (Å²) in [6.07, 6.45) is 1.03. The number of carbonyl (C=O) groups excluding carboxylic acids is 1. The molecule has 9 heteroatoms. The lowest BCUT2D eigenvalue weighted by atomic mass is 9.94. The Morgan fingerprint density at radius 3 is 2.47 bits per heavy atom. The minimum absolute atomic E-state index is 0.204. The fraction of sp³-hybridized carbons (Fsp3) is 0.333. The second-order valence-corrected chi connectivity index (χ2v) is 11.3. The zero-order chi connectivity index (χ0) is 21.5. The van der Waals surface area contributed by atoms with Crippen LogP contribution >= 0.6 is 22.9 Å². The Balaban J connectivity index is 1.50. The van der Waals surface area contributed by atoms with E-state index in [1.807, 2.05) is 0 Å². The van der Waals surface area contributed by atoms with Gasteiger partial charge in [0, 0.05) is 23.7 Å². The predicted octanol–water partition coefficient (Wildman–Crippen LogP) is 4.87. The van der Waals surface area contributed by atoms with Crippen molar-refractivity contribution in [1.29, 1.82) is 0 Å². The van der Waals surface area contributed by atoms with Crippen LogP contribution in [0.15, 0.2) is 47.4 Å². The van der Waals surface area contributed by atoms with Crippen molar-refractivity contribution in [2.75, 3.05) is 18.4 Å². The van der Waals surface area contributed by atoms with Crippen LogP contribution in [0.5, 0.6) is 0 Å². The zero-order valence-electron chi connectivity index (χ0n) is 16.6. The normalized spacial score (nSPS) is 20.4. The van der Waals surface area contributed by atoms with E-state index in [1.165, 1.54) is 35.6 Å². The van der Waals surface area contributed by atoms with Gasteiger partial charge in [-0.1, -0.05) is 36.8 Å². The van der Waals surface area contributed by atoms with Gasteiger partial charge in [0.15, 0.2) is 5.13 Å². The van der Waals surface area contributed by atoms with Gasteiger partial charge < -0.3 is 0 Å². The molecule has 1 fully saturated rings. The van der Waals surface area contributed by atoms with E-state index in [2.05, 4.69) is 24.1 Å². The maximum Gasteiger partial charge on any atom is 0.257 e. The number of hydrogen-bond donors (Lipinski definition) is 1. The molecule has 158 valence electrons. The first-order valence-electron chi connectivity index (χ1n) is 9.70. The van der Waals surface area contributed by atoms with Crippen molar-refractivity contribution in [3.05, 3.63) is 53.1 Å². The molecule has 30 heavy (non-hydrogen) atoms. The van der Waals surface area contributed by atoms with Crippen LogP contribution in [0.1, 0.15) is 30.6 Å². The number of anilines is 1. The number of hydrogen-bond acceptors (Lipinski definition) is 5. The van der Waals surface area contributed by atoms with Crippen molar-refractivity contribution in [3.8, 4) is 0 Å². The van der Waals surface area contributed by atoms with E-state index in [-0.39, 0.29) is 10.8 Å². The average molecular weight is 464 g/mol. The van der Waals surface area contributed by atoms with E-state index in [0.717, 1.165) is 16.6 Å². The summed E-state index contributed by atoms with van der Waals surface area (Å²) >= 11 is 7.32. The van der Waals surface area contributed by atoms with Gasteiger partial charge in [-0.25, -0.2) is 13.4 Å². The standard InChI is InChI=1S/C21H22ClN3O3S2/c1-13-9-14(2)12-25(11-13)30(27,28)17-6-3-15(4-7-17)20(26)24-21-23-18-8-5-16(22)10-19(18)29-21/h3-8,10,13-14H,9,11-12H2,1-2H3,(H,23,24,26)/t13-,14-/m1/s1. The molecule has 1 aromatic heterocycles. The number of fused-ring (bicyclic) bond motifs is 1. The summed E-state index contributed by atoms with van der Waals surface area (Å²) in [6, 6.07) is 11.4. The van der Waals surface area contributed by atoms with Gasteiger partial charge in [-0.2, -0.15) is 4.31 Å². The number of sulfonamides is 1. The van der Waals surface area contributed by atoms with Crippen LogP contribution in [-0.2, 0) is 10.0 Å². The third-order valence-corrected chi connectivity index (χ3v) is 8.18. The van der Waals surface area contributed by atoms with Gasteiger partial charge in [-0.15, -0.1) is 0 Å². The Hall–Kier alpha value is -2.00. The Labute approximate surface area is 184 Å². The molecule has 0 radical (unpaired) electrons. The second kappa shape index (κ2) is 8.26. The van der Waals surface area contributed by atoms with Gasteiger partial charge in [-0.3, -0.25) is 10.1 Å². The Bertz CT molecular complexity index is 1180. The highest BCUT2D eigenvalue weighted by molar-refractivity contribution is 7.89. The molecule has 2 atom stereocenters. The van der Waals surface area contributed by atoms with Gasteiger partial charge in [0.1, 0.15) is 0 Å². The first kappa shape index (κ1) is 21.2. The van der Waals surface area contributed by atoms with Crippen LogP contribution in [0.3, 0.4) is 0 Å². The van der Waals surface area contributed by atoms with Crippen LogP contribution in [0.25, 0.3) is 10.2 Å². The molecule has 1 amide bonds. The van der Waals surface area contributed by atoms with E-state index in [9.17, 15) is 13.2 Å². The highest BCUT2D eigenvalue weighted by Crippen LogP contribution is 2.29. The summed E-state index contributed by atoms with van der Waals surface area (Å²) < 4.78 is 28.4. The van der Waals surface area contributed by atoms with Crippen molar-refractivity contribution < 1.29 is 13.2 Å². The van der Waals surface area contributed by atoms with E-state index >= 15 is 0 Å². The lowest BCUT2D eigenvalue weighted by Gasteiger charge is -2.34. The summed E-state index contributed by atoms with van der Waals surface area (Å²) in [5.41, 5.74) is 1.12. The second-order valence-electron chi connectivity index (χ2n) is 7.88. The molecular weight excluding hydrogens is 442 g/mol. The molecule has 6 nitrogen and oxygen atoms in total. The molecule has 0 aliphatic carbocycles. The molecule has 3 aromatic rings. The van der Waals surface area contributed by atoms with Crippen LogP contribution in [0.4, 0.5) is 5.13 Å². The van der Waals surface area contributed by atoms with Crippen molar-refractivity contribution in [3.63, 3.8) is 0 Å². The third-order valence-electron chi connectivity index (χ3n) is 5.16. The molecule has 1 aliphatic heterocycles. The molecule has 2 heterocycles. The Morgan fingerprint density at radius 2 is 1.80 bits per heavy atom. The lowest BCUT2D eigenvalue weighted by molar-refractivity contribution is 0.102. The summed E-state index contributed by atoms with van der Waals surface area (Å²) in [6.45, 7) is 5.19. The lowest BCUT2D eigenvalue weighted by Crippen LogP contribution is -2.42. The number of carbonyl (C=O) groups is 1. The van der Waals surface area contributed by atoms with Gasteiger partial charge in [0.25, 0.3) is 5.91 Å². The monoisotopic (exact) mass is 463 g/mol. The minimum atomic E-state index is -3.57. The number of amides is 1. The first-order chi connectivity index (χ1) is 14.2. The SMILES string of the molecule is C[C@@H]1C[C@@H](C)CN(S(=O)(=O)c2ccc(C(=O)Nc3nc4ccc(Cl)cc4s3)cc2)C1. The van der Waals surface area contributed by atoms with E-state index < -0.39 is 10.0 Å². The smallest absolute Gasteiger partial charge is 0.257 e. The molecule has 1 aliphatic rings. The average Bonchev–Trinajstić information content (AvgIpc) is 3.08. The largest absolute Gasteiger partial charge is 0.298 e. The Kier molecular flexibility index (Phi) is 5.85. The van der Waals surface area contributed by atoms with Crippen molar-refractivity contribution in [2.24, 2.45) is 11.8 Å². The van der Waals surface area contributed by atoms with Crippen molar-refractivity contribution in [2.45, 2.75) is 25.2 Å². The highest BCUT2D eigenvalue weighted by atomic mass is 35.5. The van der Waals surface area contributed by atoms with Crippen molar-refractivity contribution >= 4 is 54.2 Å². The number of nitrogens with one attached hydrogen (secondary N) is 1. The van der Waals surface area contributed by atoms with Crippen molar-refractivity contribution in [1.82, 2.24) is 9.29 Å². The maximum absolute atomic E-state index is 13.0. The molecule has 0 spiro atoms. The van der Waals surface area contributed by atoms with E-state index in [1.54, 1.807) is 22.5 Å². The van der Waals surface area contributed by atoms with Crippen LogP contribution in [0.2, 0.25) is 5.02 Å². The topological polar surface area (TPSA) is 79.4 Å². The number of aromatic nitrogens is 1. The van der Waals surface area contributed by atoms with Crippen LogP contribution in [-0.4, -0.2) is 36.7 Å². The molecule has 0 bridgehead atoms. The maximum atomic E-state index is 13.0. The highest BCUT2D eigenvalue weighted by Gasteiger charge is 2.31. The van der Waals surface area contributed by atoms with E-state index in [4.69, 9.17) is 11.6 Å². The number of rotatable bonds is 4. The number of benzene rings is 2. The zero-order valence-corrected chi connectivity index (χ0v) is 19.0. The summed E-state index contributed by atoms with van der Waals surface area (Å²) in [7, 11) is -3.57. The van der Waals surface area contributed by atoms with Gasteiger partial charge in [0.2, 0.25) is 10.0 Å². The quantitative estimate of drug-likeness (QED) is 0.598. The predicted molar refractivity (Wildman–Crippen MR) is 121 cm³/mol.